The predicted molar refractivity (Wildman–Crippen MR) is 65.8 cm³/mol. The minimum Gasteiger partial charge on any atom is -0.393 e. The van der Waals surface area contributed by atoms with Gasteiger partial charge >= 0.3 is 0 Å². The Labute approximate surface area is 106 Å². The second-order valence-corrected chi connectivity index (χ2v) is 4.96. The van der Waals surface area contributed by atoms with E-state index in [4.69, 9.17) is 0 Å². The number of nitrogens with one attached hydrogen (secondary N) is 1. The maximum absolute atomic E-state index is 12.1. The van der Waals surface area contributed by atoms with Crippen LogP contribution in [0.5, 0.6) is 0 Å². The molecular weight excluding hydrogens is 234 g/mol. The quantitative estimate of drug-likeness (QED) is 0.719. The summed E-state index contributed by atoms with van der Waals surface area (Å²) in [5.74, 6) is 0.0560. The fraction of sp³-hybridized carbons (Fsp3) is 0.750. The molecule has 18 heavy (non-hydrogen) atoms. The molecule has 0 radical (unpaired) electrons. The molecule has 2 aliphatic heterocycles. The fourth-order valence-electron chi connectivity index (χ4n) is 2.40. The van der Waals surface area contributed by atoms with Crippen LogP contribution in [0.2, 0.25) is 0 Å². The van der Waals surface area contributed by atoms with E-state index in [1.807, 2.05) is 0 Å². The van der Waals surface area contributed by atoms with Gasteiger partial charge in [-0.15, -0.1) is 0 Å². The number of aliphatic hydroxyl groups excluding tert-OH is 1. The lowest BCUT2D eigenvalue weighted by molar-refractivity contribution is -0.126. The minimum atomic E-state index is -0.312. The number of rotatable bonds is 2. The molecule has 0 bridgehead atoms. The Balaban J connectivity index is 1.90. The van der Waals surface area contributed by atoms with Crippen molar-refractivity contribution < 1.29 is 14.7 Å². The summed E-state index contributed by atoms with van der Waals surface area (Å²) in [6, 6.07) is 0. The molecule has 1 atom stereocenters. The first-order chi connectivity index (χ1) is 8.58. The molecule has 6 nitrogen and oxygen atoms in total. The van der Waals surface area contributed by atoms with Gasteiger partial charge in [0.1, 0.15) is 5.71 Å². The molecule has 0 spiro atoms. The van der Waals surface area contributed by atoms with E-state index in [-0.39, 0.29) is 23.8 Å². The average molecular weight is 253 g/mol. The molecule has 2 N–H and O–H groups in total. The number of hydrogen-bond acceptors (Lipinski definition) is 4. The van der Waals surface area contributed by atoms with Crippen molar-refractivity contribution in [2.45, 2.75) is 38.7 Å². The number of hydrogen-bond donors (Lipinski definition) is 2. The molecule has 6 heteroatoms. The first-order valence-electron chi connectivity index (χ1n) is 6.40. The van der Waals surface area contributed by atoms with Crippen LogP contribution < -0.4 is 5.43 Å². The van der Waals surface area contributed by atoms with Gasteiger partial charge in [-0.1, -0.05) is 0 Å². The molecule has 2 amide bonds. The van der Waals surface area contributed by atoms with Gasteiger partial charge < -0.3 is 10.0 Å². The highest BCUT2D eigenvalue weighted by Gasteiger charge is 2.28. The first-order valence-corrected chi connectivity index (χ1v) is 6.40. The summed E-state index contributed by atoms with van der Waals surface area (Å²) in [6.45, 7) is 3.10. The Morgan fingerprint density at radius 2 is 2.11 bits per heavy atom. The van der Waals surface area contributed by atoms with E-state index in [1.165, 1.54) is 0 Å². The van der Waals surface area contributed by atoms with Crippen LogP contribution in [-0.4, -0.2) is 46.7 Å². The fourth-order valence-corrected chi connectivity index (χ4v) is 2.40. The molecule has 0 aliphatic carbocycles. The average Bonchev–Trinajstić information content (AvgIpc) is 2.39. The van der Waals surface area contributed by atoms with Crippen molar-refractivity contribution in [3.05, 3.63) is 0 Å². The lowest BCUT2D eigenvalue weighted by Crippen LogP contribution is -2.45. The largest absolute Gasteiger partial charge is 0.393 e. The van der Waals surface area contributed by atoms with Crippen LogP contribution in [0.1, 0.15) is 32.6 Å². The van der Waals surface area contributed by atoms with Gasteiger partial charge in [0.25, 0.3) is 5.91 Å². The number of carbonyl (C=O) groups is 2. The lowest BCUT2D eigenvalue weighted by Gasteiger charge is -2.33. The Hall–Kier alpha value is -1.43. The zero-order chi connectivity index (χ0) is 13.1. The molecule has 0 saturated carbocycles. The van der Waals surface area contributed by atoms with E-state index in [0.29, 0.717) is 31.6 Å². The van der Waals surface area contributed by atoms with Crippen LogP contribution in [0, 0.1) is 5.92 Å². The molecule has 2 aliphatic rings. The number of nitrogens with zero attached hydrogens (tertiary/aromatic N) is 2. The zero-order valence-electron chi connectivity index (χ0n) is 10.6. The number of piperidine rings is 1. The minimum absolute atomic E-state index is 0.0842. The van der Waals surface area contributed by atoms with Crippen LogP contribution in [0.15, 0.2) is 5.10 Å². The van der Waals surface area contributed by atoms with Crippen molar-refractivity contribution in [3.8, 4) is 0 Å². The van der Waals surface area contributed by atoms with E-state index in [9.17, 15) is 14.7 Å². The maximum atomic E-state index is 12.1. The van der Waals surface area contributed by atoms with Crippen LogP contribution in [0.4, 0.5) is 0 Å². The number of amides is 2. The highest BCUT2D eigenvalue weighted by molar-refractivity contribution is 6.39. The van der Waals surface area contributed by atoms with Gasteiger partial charge in [0, 0.05) is 25.9 Å². The van der Waals surface area contributed by atoms with E-state index in [1.54, 1.807) is 11.8 Å². The second-order valence-electron chi connectivity index (χ2n) is 4.96. The molecule has 2 rings (SSSR count). The number of aliphatic hydroxyl groups is 1. The van der Waals surface area contributed by atoms with E-state index in [2.05, 4.69) is 10.5 Å². The van der Waals surface area contributed by atoms with Gasteiger partial charge in [-0.2, -0.15) is 5.10 Å². The van der Waals surface area contributed by atoms with Crippen molar-refractivity contribution in [2.24, 2.45) is 11.0 Å². The van der Waals surface area contributed by atoms with E-state index >= 15 is 0 Å². The summed E-state index contributed by atoms with van der Waals surface area (Å²) in [5, 5.41) is 13.3. The molecule has 0 aromatic carbocycles. The van der Waals surface area contributed by atoms with Gasteiger partial charge in [0.2, 0.25) is 5.91 Å². The molecule has 0 aromatic rings. The van der Waals surface area contributed by atoms with Gasteiger partial charge in [0.05, 0.1) is 6.10 Å². The molecule has 0 aromatic heterocycles. The molecule has 2 heterocycles. The SMILES string of the molecule is CC(O)C1CCN(C(=O)C2=NNC(=O)CC2)CC1. The summed E-state index contributed by atoms with van der Waals surface area (Å²) in [5.41, 5.74) is 2.78. The van der Waals surface area contributed by atoms with Crippen molar-refractivity contribution in [2.75, 3.05) is 13.1 Å². The van der Waals surface area contributed by atoms with Gasteiger partial charge in [-0.25, -0.2) is 5.43 Å². The van der Waals surface area contributed by atoms with Crippen LogP contribution >= 0.6 is 0 Å². The van der Waals surface area contributed by atoms with Crippen LogP contribution in [0.25, 0.3) is 0 Å². The smallest absolute Gasteiger partial charge is 0.270 e. The Kier molecular flexibility index (Phi) is 3.96. The van der Waals surface area contributed by atoms with Crippen LogP contribution in [-0.2, 0) is 9.59 Å². The number of carbonyl (C=O) groups excluding carboxylic acids is 2. The summed E-state index contributed by atoms with van der Waals surface area (Å²) in [4.78, 5) is 24.8. The molecule has 1 fully saturated rings. The zero-order valence-corrected chi connectivity index (χ0v) is 10.6. The summed E-state index contributed by atoms with van der Waals surface area (Å²) >= 11 is 0. The summed E-state index contributed by atoms with van der Waals surface area (Å²) in [7, 11) is 0. The number of hydrazone groups is 1. The topological polar surface area (TPSA) is 82.0 Å². The van der Waals surface area contributed by atoms with E-state index in [0.717, 1.165) is 12.8 Å². The highest BCUT2D eigenvalue weighted by Crippen LogP contribution is 2.21. The third-order valence-electron chi connectivity index (χ3n) is 3.66. The first kappa shape index (κ1) is 13.0. The molecule has 1 saturated heterocycles. The molecular formula is C12H19N3O3. The Morgan fingerprint density at radius 3 is 2.61 bits per heavy atom. The van der Waals surface area contributed by atoms with Crippen molar-refractivity contribution in [3.63, 3.8) is 0 Å². The predicted octanol–water partition coefficient (Wildman–Crippen LogP) is -0.128. The summed E-state index contributed by atoms with van der Waals surface area (Å²) in [6.07, 6.45) is 2.08. The normalized spacial score (nSPS) is 23.3. The Bertz CT molecular complexity index is 371. The van der Waals surface area contributed by atoms with Gasteiger partial charge in [-0.3, -0.25) is 9.59 Å². The van der Waals surface area contributed by atoms with Gasteiger partial charge in [-0.05, 0) is 25.7 Å². The molecule has 1 unspecified atom stereocenters. The Morgan fingerprint density at radius 1 is 1.44 bits per heavy atom. The standard InChI is InChI=1S/C12H19N3O3/c1-8(16)9-4-6-15(7-5-9)12(18)10-2-3-11(17)14-13-10/h8-9,16H,2-7H2,1H3,(H,14,17). The van der Waals surface area contributed by atoms with Gasteiger partial charge in [0.15, 0.2) is 0 Å². The third kappa shape index (κ3) is 2.87. The summed E-state index contributed by atoms with van der Waals surface area (Å²) < 4.78 is 0. The number of likely N-dealkylation sites (tertiary alicyclic amines) is 1. The highest BCUT2D eigenvalue weighted by atomic mass is 16.3. The monoisotopic (exact) mass is 253 g/mol. The second kappa shape index (κ2) is 5.48. The van der Waals surface area contributed by atoms with Crippen molar-refractivity contribution >= 4 is 17.5 Å². The van der Waals surface area contributed by atoms with E-state index < -0.39 is 0 Å². The van der Waals surface area contributed by atoms with Crippen molar-refractivity contribution in [1.82, 2.24) is 10.3 Å². The molecule has 100 valence electrons. The maximum Gasteiger partial charge on any atom is 0.270 e. The van der Waals surface area contributed by atoms with Crippen LogP contribution in [0.3, 0.4) is 0 Å². The van der Waals surface area contributed by atoms with Crippen molar-refractivity contribution in [1.29, 1.82) is 0 Å². The third-order valence-corrected chi connectivity index (χ3v) is 3.66. The lowest BCUT2D eigenvalue weighted by atomic mass is 9.92.